The van der Waals surface area contributed by atoms with Gasteiger partial charge in [0.15, 0.2) is 0 Å². The Morgan fingerprint density at radius 1 is 0.722 bits per heavy atom. The summed E-state index contributed by atoms with van der Waals surface area (Å²) >= 11 is 0. The van der Waals surface area contributed by atoms with Crippen molar-refractivity contribution in [2.75, 3.05) is 0 Å². The molecule has 0 aliphatic heterocycles. The summed E-state index contributed by atoms with van der Waals surface area (Å²) in [6.45, 7) is 4.01. The zero-order valence-corrected chi connectivity index (χ0v) is 10.8. The molecule has 0 unspecified atom stereocenters. The van der Waals surface area contributed by atoms with Gasteiger partial charge >= 0.3 is 0 Å². The van der Waals surface area contributed by atoms with Crippen molar-refractivity contribution in [2.45, 2.75) is 26.7 Å². The first-order valence-electron chi connectivity index (χ1n) is 6.13. The van der Waals surface area contributed by atoms with E-state index in [2.05, 4.69) is 0 Å². The van der Waals surface area contributed by atoms with Crippen molar-refractivity contribution in [1.82, 2.24) is 0 Å². The molecule has 18 heavy (non-hydrogen) atoms. The van der Waals surface area contributed by atoms with Crippen molar-refractivity contribution in [3.05, 3.63) is 58.7 Å². The maximum atomic E-state index is 9.77. The predicted octanol–water partition coefficient (Wildman–Crippen LogP) is 3.50. The van der Waals surface area contributed by atoms with E-state index >= 15 is 0 Å². The van der Waals surface area contributed by atoms with Gasteiger partial charge in [-0.05, 0) is 49.9 Å². The third-order valence-corrected chi connectivity index (χ3v) is 3.13. The molecule has 2 aromatic carbocycles. The number of hydrogen-bond acceptors (Lipinski definition) is 2. The van der Waals surface area contributed by atoms with Crippen LogP contribution in [0.1, 0.15) is 22.3 Å². The molecule has 0 atom stereocenters. The van der Waals surface area contributed by atoms with E-state index in [1.54, 1.807) is 12.1 Å². The van der Waals surface area contributed by atoms with Gasteiger partial charge < -0.3 is 10.2 Å². The Morgan fingerprint density at radius 2 is 1.11 bits per heavy atom. The second-order valence-electron chi connectivity index (χ2n) is 4.76. The summed E-state index contributed by atoms with van der Waals surface area (Å²) in [6, 6.07) is 11.2. The Kier molecular flexibility index (Phi) is 3.56. The van der Waals surface area contributed by atoms with Crippen LogP contribution < -0.4 is 0 Å². The molecule has 0 saturated carbocycles. The molecule has 2 nitrogen and oxygen atoms in total. The Labute approximate surface area is 108 Å². The maximum absolute atomic E-state index is 9.77. The maximum Gasteiger partial charge on any atom is 0.118 e. The quantitative estimate of drug-likeness (QED) is 0.864. The van der Waals surface area contributed by atoms with E-state index in [-0.39, 0.29) is 0 Å². The molecule has 0 bridgehead atoms. The molecular weight excluding hydrogens is 224 g/mol. The summed E-state index contributed by atoms with van der Waals surface area (Å²) < 4.78 is 0. The van der Waals surface area contributed by atoms with Crippen LogP contribution in [0.4, 0.5) is 0 Å². The van der Waals surface area contributed by atoms with E-state index in [4.69, 9.17) is 0 Å². The molecule has 2 N–H and O–H groups in total. The summed E-state index contributed by atoms with van der Waals surface area (Å²) in [4.78, 5) is 0. The van der Waals surface area contributed by atoms with Gasteiger partial charge in [0.05, 0.1) is 0 Å². The Balaban J connectivity index is 2.16. The average Bonchev–Trinajstić information content (AvgIpc) is 2.34. The molecule has 0 amide bonds. The highest BCUT2D eigenvalue weighted by atomic mass is 16.3. The summed E-state index contributed by atoms with van der Waals surface area (Å²) in [5.74, 6) is 0.653. The molecule has 0 aliphatic rings. The van der Waals surface area contributed by atoms with E-state index in [1.165, 1.54) is 0 Å². The molecule has 2 aromatic rings. The van der Waals surface area contributed by atoms with Gasteiger partial charge in [0.2, 0.25) is 0 Å². The van der Waals surface area contributed by atoms with Gasteiger partial charge in [-0.2, -0.15) is 0 Å². The first-order valence-corrected chi connectivity index (χ1v) is 6.13. The van der Waals surface area contributed by atoms with Crippen LogP contribution in [-0.4, -0.2) is 10.2 Å². The standard InChI is InChI=1S/C16H18O2/c1-11-3-7-15(17)13(9-11)5-6-14-10-12(2)4-8-16(14)18/h3-4,7-10,17-18H,5-6H2,1-2H3. The normalized spacial score (nSPS) is 10.6. The van der Waals surface area contributed by atoms with Crippen molar-refractivity contribution in [3.8, 4) is 11.5 Å². The third-order valence-electron chi connectivity index (χ3n) is 3.13. The van der Waals surface area contributed by atoms with Gasteiger partial charge in [-0.25, -0.2) is 0 Å². The molecular formula is C16H18O2. The van der Waals surface area contributed by atoms with E-state index in [0.717, 1.165) is 35.1 Å². The van der Waals surface area contributed by atoms with Crippen LogP contribution in [0.15, 0.2) is 36.4 Å². The fourth-order valence-electron chi connectivity index (χ4n) is 2.10. The number of rotatable bonds is 3. The Morgan fingerprint density at radius 3 is 1.50 bits per heavy atom. The second-order valence-corrected chi connectivity index (χ2v) is 4.76. The lowest BCUT2D eigenvalue weighted by Gasteiger charge is -2.08. The zero-order valence-electron chi connectivity index (χ0n) is 10.8. The summed E-state index contributed by atoms with van der Waals surface area (Å²) in [5, 5.41) is 19.5. The zero-order chi connectivity index (χ0) is 13.1. The Hall–Kier alpha value is -1.96. The van der Waals surface area contributed by atoms with E-state index in [0.29, 0.717) is 11.5 Å². The fourth-order valence-corrected chi connectivity index (χ4v) is 2.10. The van der Waals surface area contributed by atoms with Gasteiger partial charge in [-0.15, -0.1) is 0 Å². The Bertz CT molecular complexity index is 508. The molecule has 94 valence electrons. The lowest BCUT2D eigenvalue weighted by atomic mass is 10.0. The molecule has 0 fully saturated rings. The highest BCUT2D eigenvalue weighted by molar-refractivity contribution is 5.39. The van der Waals surface area contributed by atoms with Gasteiger partial charge in [0.25, 0.3) is 0 Å². The summed E-state index contributed by atoms with van der Waals surface area (Å²) in [5.41, 5.74) is 4.12. The molecule has 0 aromatic heterocycles. The highest BCUT2D eigenvalue weighted by Crippen LogP contribution is 2.24. The first kappa shape index (κ1) is 12.5. The van der Waals surface area contributed by atoms with E-state index in [9.17, 15) is 10.2 Å². The van der Waals surface area contributed by atoms with Crippen LogP contribution in [0, 0.1) is 13.8 Å². The van der Waals surface area contributed by atoms with Crippen LogP contribution >= 0.6 is 0 Å². The topological polar surface area (TPSA) is 40.5 Å². The van der Waals surface area contributed by atoms with Gasteiger partial charge in [-0.3, -0.25) is 0 Å². The highest BCUT2D eigenvalue weighted by Gasteiger charge is 2.05. The van der Waals surface area contributed by atoms with Gasteiger partial charge in [0.1, 0.15) is 11.5 Å². The van der Waals surface area contributed by atoms with Gasteiger partial charge in [0, 0.05) is 0 Å². The summed E-state index contributed by atoms with van der Waals surface area (Å²) in [7, 11) is 0. The van der Waals surface area contributed by atoms with Crippen molar-refractivity contribution in [1.29, 1.82) is 0 Å². The number of benzene rings is 2. The lowest BCUT2D eigenvalue weighted by molar-refractivity contribution is 0.462. The monoisotopic (exact) mass is 242 g/mol. The van der Waals surface area contributed by atoms with Crippen LogP contribution in [0.3, 0.4) is 0 Å². The molecule has 0 saturated heterocycles. The summed E-state index contributed by atoms with van der Waals surface area (Å²) in [6.07, 6.45) is 1.45. The van der Waals surface area contributed by atoms with Crippen molar-refractivity contribution >= 4 is 0 Å². The molecule has 0 radical (unpaired) electrons. The van der Waals surface area contributed by atoms with E-state index in [1.807, 2.05) is 38.1 Å². The van der Waals surface area contributed by atoms with Crippen molar-refractivity contribution in [2.24, 2.45) is 0 Å². The average molecular weight is 242 g/mol. The van der Waals surface area contributed by atoms with Crippen LogP contribution in [-0.2, 0) is 12.8 Å². The minimum Gasteiger partial charge on any atom is -0.508 e. The lowest BCUT2D eigenvalue weighted by Crippen LogP contribution is -1.94. The number of aromatic hydroxyl groups is 2. The van der Waals surface area contributed by atoms with Crippen LogP contribution in [0.25, 0.3) is 0 Å². The van der Waals surface area contributed by atoms with Gasteiger partial charge in [-0.1, -0.05) is 35.4 Å². The number of aryl methyl sites for hydroxylation is 4. The number of phenols is 2. The second kappa shape index (κ2) is 5.13. The molecule has 2 heteroatoms. The van der Waals surface area contributed by atoms with E-state index < -0.39 is 0 Å². The van der Waals surface area contributed by atoms with Crippen molar-refractivity contribution in [3.63, 3.8) is 0 Å². The third kappa shape index (κ3) is 2.83. The smallest absolute Gasteiger partial charge is 0.118 e. The SMILES string of the molecule is Cc1ccc(O)c(CCc2cc(C)ccc2O)c1. The number of phenolic OH excluding ortho intramolecular Hbond substituents is 2. The molecule has 0 spiro atoms. The minimum absolute atomic E-state index is 0.327. The molecule has 0 aliphatic carbocycles. The minimum atomic E-state index is 0.327. The molecule has 0 heterocycles. The van der Waals surface area contributed by atoms with Crippen LogP contribution in [0.2, 0.25) is 0 Å². The molecule has 2 rings (SSSR count). The van der Waals surface area contributed by atoms with Crippen molar-refractivity contribution < 1.29 is 10.2 Å². The fraction of sp³-hybridized carbons (Fsp3) is 0.250. The van der Waals surface area contributed by atoms with Crippen LogP contribution in [0.5, 0.6) is 11.5 Å². The largest absolute Gasteiger partial charge is 0.508 e. The first-order chi connectivity index (χ1) is 8.56. The predicted molar refractivity (Wildman–Crippen MR) is 73.1 cm³/mol. The number of hydrogen-bond donors (Lipinski definition) is 2.